The molecule has 0 bridgehead atoms. The van der Waals surface area contributed by atoms with E-state index in [9.17, 15) is 9.18 Å². The first-order valence-corrected chi connectivity index (χ1v) is 10.5. The lowest BCUT2D eigenvalue weighted by Gasteiger charge is -2.22. The SMILES string of the molecule is COc1cccc(C(CNC(=O)COc2cccc(F)c2)c2c[nH]c3ccccc23)c1OC. The van der Waals surface area contributed by atoms with Gasteiger partial charge in [0.25, 0.3) is 5.91 Å². The molecule has 0 aliphatic carbocycles. The second-order valence-corrected chi connectivity index (χ2v) is 7.48. The van der Waals surface area contributed by atoms with Crippen LogP contribution in [0.1, 0.15) is 17.0 Å². The molecule has 170 valence electrons. The van der Waals surface area contributed by atoms with E-state index in [1.807, 2.05) is 48.7 Å². The Morgan fingerprint density at radius 2 is 1.82 bits per heavy atom. The van der Waals surface area contributed by atoms with Crippen LogP contribution in [0.3, 0.4) is 0 Å². The van der Waals surface area contributed by atoms with Crippen molar-refractivity contribution in [2.45, 2.75) is 5.92 Å². The van der Waals surface area contributed by atoms with E-state index >= 15 is 0 Å². The molecule has 7 heteroatoms. The minimum Gasteiger partial charge on any atom is -0.493 e. The zero-order chi connectivity index (χ0) is 23.2. The highest BCUT2D eigenvalue weighted by atomic mass is 19.1. The molecule has 0 fully saturated rings. The summed E-state index contributed by atoms with van der Waals surface area (Å²) in [4.78, 5) is 15.9. The summed E-state index contributed by atoms with van der Waals surface area (Å²) in [5, 5.41) is 3.99. The van der Waals surface area contributed by atoms with Gasteiger partial charge in [0.2, 0.25) is 0 Å². The van der Waals surface area contributed by atoms with E-state index in [-0.39, 0.29) is 18.4 Å². The largest absolute Gasteiger partial charge is 0.493 e. The van der Waals surface area contributed by atoms with Gasteiger partial charge in [0, 0.05) is 41.2 Å². The van der Waals surface area contributed by atoms with Crippen molar-refractivity contribution in [2.24, 2.45) is 0 Å². The lowest BCUT2D eigenvalue weighted by Crippen LogP contribution is -2.33. The van der Waals surface area contributed by atoms with Crippen LogP contribution < -0.4 is 19.5 Å². The summed E-state index contributed by atoms with van der Waals surface area (Å²) >= 11 is 0. The van der Waals surface area contributed by atoms with Gasteiger partial charge in [-0.25, -0.2) is 4.39 Å². The number of rotatable bonds is 9. The molecule has 3 aromatic carbocycles. The number of halogens is 1. The number of carbonyl (C=O) groups excluding carboxylic acids is 1. The number of hydrogen-bond acceptors (Lipinski definition) is 4. The Bertz CT molecular complexity index is 1250. The van der Waals surface area contributed by atoms with Gasteiger partial charge in [0.05, 0.1) is 14.2 Å². The van der Waals surface area contributed by atoms with Crippen molar-refractivity contribution in [3.05, 3.63) is 89.9 Å². The number of para-hydroxylation sites is 2. The monoisotopic (exact) mass is 448 g/mol. The molecule has 6 nitrogen and oxygen atoms in total. The fraction of sp³-hybridized carbons (Fsp3) is 0.192. The average Bonchev–Trinajstić information content (AvgIpc) is 3.26. The predicted octanol–water partition coefficient (Wildman–Crippen LogP) is 4.65. The fourth-order valence-electron chi connectivity index (χ4n) is 3.93. The number of hydrogen-bond donors (Lipinski definition) is 2. The molecule has 1 heterocycles. The van der Waals surface area contributed by atoms with E-state index in [0.717, 1.165) is 22.0 Å². The number of H-pyrrole nitrogens is 1. The third-order valence-corrected chi connectivity index (χ3v) is 5.47. The van der Waals surface area contributed by atoms with Gasteiger partial charge in [-0.1, -0.05) is 36.4 Å². The number of nitrogens with one attached hydrogen (secondary N) is 2. The lowest BCUT2D eigenvalue weighted by molar-refractivity contribution is -0.123. The first-order chi connectivity index (χ1) is 16.1. The van der Waals surface area contributed by atoms with E-state index in [1.165, 1.54) is 18.2 Å². The molecule has 33 heavy (non-hydrogen) atoms. The van der Waals surface area contributed by atoms with Crippen molar-refractivity contribution in [3.8, 4) is 17.2 Å². The van der Waals surface area contributed by atoms with Gasteiger partial charge in [0.15, 0.2) is 18.1 Å². The third-order valence-electron chi connectivity index (χ3n) is 5.47. The molecule has 4 rings (SSSR count). The van der Waals surface area contributed by atoms with Crippen LogP contribution >= 0.6 is 0 Å². The van der Waals surface area contributed by atoms with E-state index in [0.29, 0.717) is 23.8 Å². The van der Waals surface area contributed by atoms with Crippen molar-refractivity contribution in [1.82, 2.24) is 10.3 Å². The molecule has 1 aromatic heterocycles. The average molecular weight is 448 g/mol. The molecule has 1 atom stereocenters. The zero-order valence-electron chi connectivity index (χ0n) is 18.4. The van der Waals surface area contributed by atoms with Gasteiger partial charge in [-0.3, -0.25) is 4.79 Å². The summed E-state index contributed by atoms with van der Waals surface area (Å²) in [7, 11) is 3.19. The van der Waals surface area contributed by atoms with Crippen LogP contribution in [-0.2, 0) is 4.79 Å². The van der Waals surface area contributed by atoms with Gasteiger partial charge in [-0.15, -0.1) is 0 Å². The van der Waals surface area contributed by atoms with Crippen LogP contribution in [-0.4, -0.2) is 38.3 Å². The van der Waals surface area contributed by atoms with Crippen molar-refractivity contribution in [3.63, 3.8) is 0 Å². The highest BCUT2D eigenvalue weighted by Crippen LogP contribution is 2.40. The molecular formula is C26H25FN2O4. The first-order valence-electron chi connectivity index (χ1n) is 10.5. The molecule has 0 aliphatic heterocycles. The number of aromatic nitrogens is 1. The molecule has 0 saturated heterocycles. The maximum absolute atomic E-state index is 13.3. The molecule has 0 aliphatic rings. The molecule has 1 amide bonds. The number of fused-ring (bicyclic) bond motifs is 1. The first kappa shape index (κ1) is 22.2. The number of aromatic amines is 1. The van der Waals surface area contributed by atoms with Crippen LogP contribution in [0.4, 0.5) is 4.39 Å². The number of benzene rings is 3. The quantitative estimate of drug-likeness (QED) is 0.391. The zero-order valence-corrected chi connectivity index (χ0v) is 18.4. The number of methoxy groups -OCH3 is 2. The van der Waals surface area contributed by atoms with E-state index in [4.69, 9.17) is 14.2 Å². The summed E-state index contributed by atoms with van der Waals surface area (Å²) in [6.07, 6.45) is 1.95. The highest BCUT2D eigenvalue weighted by Gasteiger charge is 2.24. The van der Waals surface area contributed by atoms with Gasteiger partial charge in [0.1, 0.15) is 11.6 Å². The number of ether oxygens (including phenoxy) is 3. The molecule has 4 aromatic rings. The van der Waals surface area contributed by atoms with E-state index in [2.05, 4.69) is 10.3 Å². The van der Waals surface area contributed by atoms with Gasteiger partial charge in [-0.2, -0.15) is 0 Å². The van der Waals surface area contributed by atoms with Crippen LogP contribution in [0.15, 0.2) is 72.9 Å². The van der Waals surface area contributed by atoms with E-state index < -0.39 is 5.82 Å². The molecule has 0 radical (unpaired) electrons. The summed E-state index contributed by atoms with van der Waals surface area (Å²) in [5.74, 6) is 0.571. The Labute approximate surface area is 191 Å². The van der Waals surface area contributed by atoms with Crippen molar-refractivity contribution >= 4 is 16.8 Å². The maximum Gasteiger partial charge on any atom is 0.257 e. The summed E-state index contributed by atoms with van der Waals surface area (Å²) in [5.41, 5.74) is 2.90. The summed E-state index contributed by atoms with van der Waals surface area (Å²) in [6, 6.07) is 19.4. The second-order valence-electron chi connectivity index (χ2n) is 7.48. The Balaban J connectivity index is 1.59. The topological polar surface area (TPSA) is 72.6 Å². The lowest BCUT2D eigenvalue weighted by atomic mass is 9.90. The predicted molar refractivity (Wildman–Crippen MR) is 125 cm³/mol. The Morgan fingerprint density at radius 1 is 1.00 bits per heavy atom. The minimum absolute atomic E-state index is 0.218. The smallest absolute Gasteiger partial charge is 0.257 e. The van der Waals surface area contributed by atoms with Crippen molar-refractivity contribution in [1.29, 1.82) is 0 Å². The van der Waals surface area contributed by atoms with Gasteiger partial charge in [-0.05, 0) is 29.8 Å². The fourth-order valence-corrected chi connectivity index (χ4v) is 3.93. The summed E-state index contributed by atoms with van der Waals surface area (Å²) < 4.78 is 29.9. The van der Waals surface area contributed by atoms with Crippen LogP contribution in [0.5, 0.6) is 17.2 Å². The van der Waals surface area contributed by atoms with Crippen molar-refractivity contribution in [2.75, 3.05) is 27.4 Å². The second kappa shape index (κ2) is 10.1. The minimum atomic E-state index is -0.419. The number of amides is 1. The van der Waals surface area contributed by atoms with Crippen LogP contribution in [0.25, 0.3) is 10.9 Å². The van der Waals surface area contributed by atoms with Crippen molar-refractivity contribution < 1.29 is 23.4 Å². The molecule has 1 unspecified atom stereocenters. The van der Waals surface area contributed by atoms with Crippen LogP contribution in [0.2, 0.25) is 0 Å². The highest BCUT2D eigenvalue weighted by molar-refractivity contribution is 5.84. The number of carbonyl (C=O) groups is 1. The maximum atomic E-state index is 13.3. The normalized spacial score (nSPS) is 11.7. The Hall–Kier alpha value is -4.00. The Morgan fingerprint density at radius 3 is 2.61 bits per heavy atom. The molecular weight excluding hydrogens is 423 g/mol. The Kier molecular flexibility index (Phi) is 6.78. The van der Waals surface area contributed by atoms with E-state index in [1.54, 1.807) is 20.3 Å². The van der Waals surface area contributed by atoms with Gasteiger partial charge < -0.3 is 24.5 Å². The van der Waals surface area contributed by atoms with Crippen LogP contribution in [0, 0.1) is 5.82 Å². The molecule has 0 saturated carbocycles. The third kappa shape index (κ3) is 4.92. The molecule has 2 N–H and O–H groups in total. The summed E-state index contributed by atoms with van der Waals surface area (Å²) in [6.45, 7) is 0.0794. The van der Waals surface area contributed by atoms with Gasteiger partial charge >= 0.3 is 0 Å². The molecule has 0 spiro atoms. The standard InChI is InChI=1S/C26H25FN2O4/c1-31-24-12-6-10-20(26(24)32-2)22(21-14-28-23-11-4-3-9-19(21)23)15-29-25(30)16-33-18-8-5-7-17(27)13-18/h3-14,22,28H,15-16H2,1-2H3,(H,29,30).